The van der Waals surface area contributed by atoms with E-state index < -0.39 is 11.6 Å². The van der Waals surface area contributed by atoms with Crippen molar-refractivity contribution in [2.45, 2.75) is 13.8 Å². The number of benzene rings is 1. The van der Waals surface area contributed by atoms with Crippen LogP contribution in [0, 0.1) is 25.5 Å². The highest BCUT2D eigenvalue weighted by Crippen LogP contribution is 2.37. The van der Waals surface area contributed by atoms with Gasteiger partial charge in [0, 0.05) is 42.7 Å². The molecule has 0 bridgehead atoms. The fraction of sp³-hybridized carbons (Fsp3) is 0.240. The number of aryl methyl sites for hydroxylation is 1. The van der Waals surface area contributed by atoms with Crippen molar-refractivity contribution in [3.8, 4) is 11.3 Å². The zero-order chi connectivity index (χ0) is 22.9. The van der Waals surface area contributed by atoms with E-state index >= 15 is 0 Å². The normalized spacial score (nSPS) is 14.0. The standard InChI is InChI=1S/C25H23F2N5O/c1-15-3-4-17(12-29-15)24-16(2)25(23-21(27)9-18(26)10-22(23)31-24)30-19-11-20(14-28-13-19)32-5-7-33-8-6-32/h3-4,9-14H,5-8H2,1-2H3,(H,30,31). The fourth-order valence-electron chi connectivity index (χ4n) is 4.09. The summed E-state index contributed by atoms with van der Waals surface area (Å²) in [6, 6.07) is 7.89. The minimum absolute atomic E-state index is 0.230. The Morgan fingerprint density at radius 3 is 2.58 bits per heavy atom. The van der Waals surface area contributed by atoms with Crippen LogP contribution in [0.15, 0.2) is 48.9 Å². The number of hydrogen-bond donors (Lipinski definition) is 1. The molecule has 5 rings (SSSR count). The summed E-state index contributed by atoms with van der Waals surface area (Å²) in [4.78, 5) is 15.5. The van der Waals surface area contributed by atoms with E-state index in [0.717, 1.165) is 41.7 Å². The van der Waals surface area contributed by atoms with Crippen LogP contribution < -0.4 is 10.2 Å². The monoisotopic (exact) mass is 447 g/mol. The molecule has 0 aliphatic carbocycles. The van der Waals surface area contributed by atoms with E-state index in [4.69, 9.17) is 4.74 Å². The van der Waals surface area contributed by atoms with Gasteiger partial charge < -0.3 is 15.0 Å². The zero-order valence-corrected chi connectivity index (χ0v) is 18.4. The average molecular weight is 447 g/mol. The van der Waals surface area contributed by atoms with Crippen molar-refractivity contribution in [3.05, 3.63) is 71.8 Å². The van der Waals surface area contributed by atoms with E-state index in [0.29, 0.717) is 30.3 Å². The summed E-state index contributed by atoms with van der Waals surface area (Å²) in [5.74, 6) is -1.35. The van der Waals surface area contributed by atoms with Crippen LogP contribution in [0.1, 0.15) is 11.3 Å². The van der Waals surface area contributed by atoms with Crippen molar-refractivity contribution in [3.63, 3.8) is 0 Å². The molecular weight excluding hydrogens is 424 g/mol. The molecule has 0 amide bonds. The molecule has 1 saturated heterocycles. The first-order valence-corrected chi connectivity index (χ1v) is 10.8. The lowest BCUT2D eigenvalue weighted by Crippen LogP contribution is -2.36. The molecule has 0 unspecified atom stereocenters. The Morgan fingerprint density at radius 1 is 1.00 bits per heavy atom. The van der Waals surface area contributed by atoms with Crippen LogP contribution in [0.4, 0.5) is 25.8 Å². The van der Waals surface area contributed by atoms with Gasteiger partial charge in [-0.15, -0.1) is 0 Å². The topological polar surface area (TPSA) is 63.2 Å². The Kier molecular flexibility index (Phi) is 5.60. The molecule has 0 radical (unpaired) electrons. The second-order valence-electron chi connectivity index (χ2n) is 8.09. The number of halogens is 2. The van der Waals surface area contributed by atoms with E-state index in [1.807, 2.05) is 32.0 Å². The quantitative estimate of drug-likeness (QED) is 0.466. The molecule has 33 heavy (non-hydrogen) atoms. The van der Waals surface area contributed by atoms with Gasteiger partial charge in [0.15, 0.2) is 0 Å². The van der Waals surface area contributed by atoms with Crippen molar-refractivity contribution >= 4 is 28.0 Å². The van der Waals surface area contributed by atoms with Gasteiger partial charge in [0.1, 0.15) is 11.6 Å². The third kappa shape index (κ3) is 4.21. The summed E-state index contributed by atoms with van der Waals surface area (Å²) < 4.78 is 34.5. The maximum Gasteiger partial charge on any atom is 0.137 e. The second kappa shape index (κ2) is 8.71. The highest BCUT2D eigenvalue weighted by molar-refractivity contribution is 5.98. The number of ether oxygens (including phenoxy) is 1. The molecule has 0 atom stereocenters. The van der Waals surface area contributed by atoms with Gasteiger partial charge >= 0.3 is 0 Å². The number of anilines is 3. The van der Waals surface area contributed by atoms with Gasteiger partial charge in [-0.05, 0) is 37.6 Å². The number of hydrogen-bond acceptors (Lipinski definition) is 6. The van der Waals surface area contributed by atoms with Crippen LogP contribution in [-0.2, 0) is 4.74 Å². The lowest BCUT2D eigenvalue weighted by atomic mass is 10.0. The van der Waals surface area contributed by atoms with Crippen molar-refractivity contribution in [2.24, 2.45) is 0 Å². The number of rotatable bonds is 4. The minimum atomic E-state index is -0.675. The van der Waals surface area contributed by atoms with Gasteiger partial charge in [-0.3, -0.25) is 9.97 Å². The SMILES string of the molecule is Cc1ccc(-c2nc3cc(F)cc(F)c3c(Nc3cncc(N4CCOCC4)c3)c2C)cn1. The molecule has 1 aliphatic heterocycles. The van der Waals surface area contributed by atoms with E-state index in [-0.39, 0.29) is 10.9 Å². The van der Waals surface area contributed by atoms with Crippen molar-refractivity contribution < 1.29 is 13.5 Å². The molecule has 1 N–H and O–H groups in total. The summed E-state index contributed by atoms with van der Waals surface area (Å²) in [6.45, 7) is 6.65. The van der Waals surface area contributed by atoms with Crippen molar-refractivity contribution in [1.29, 1.82) is 0 Å². The van der Waals surface area contributed by atoms with Gasteiger partial charge in [0.25, 0.3) is 0 Å². The van der Waals surface area contributed by atoms with Crippen LogP contribution in [0.5, 0.6) is 0 Å². The summed E-state index contributed by atoms with van der Waals surface area (Å²) in [5.41, 5.74) is 5.39. The fourth-order valence-corrected chi connectivity index (χ4v) is 4.09. The first kappa shape index (κ1) is 21.2. The zero-order valence-electron chi connectivity index (χ0n) is 18.4. The van der Waals surface area contributed by atoms with E-state index in [2.05, 4.69) is 25.2 Å². The number of morpholine rings is 1. The molecule has 1 aliphatic rings. The lowest BCUT2D eigenvalue weighted by molar-refractivity contribution is 0.122. The van der Waals surface area contributed by atoms with Crippen LogP contribution in [-0.4, -0.2) is 41.3 Å². The smallest absolute Gasteiger partial charge is 0.137 e. The molecule has 4 heterocycles. The molecule has 1 aromatic carbocycles. The summed E-state index contributed by atoms with van der Waals surface area (Å²) >= 11 is 0. The van der Waals surface area contributed by atoms with Crippen LogP contribution in [0.25, 0.3) is 22.2 Å². The molecule has 4 aromatic rings. The molecule has 0 saturated carbocycles. The number of nitrogens with zero attached hydrogens (tertiary/aromatic N) is 4. The van der Waals surface area contributed by atoms with Crippen LogP contribution >= 0.6 is 0 Å². The van der Waals surface area contributed by atoms with E-state index in [1.54, 1.807) is 18.6 Å². The molecule has 0 spiro atoms. The molecule has 6 nitrogen and oxygen atoms in total. The molecule has 8 heteroatoms. The maximum atomic E-state index is 15.0. The maximum absolute atomic E-state index is 15.0. The van der Waals surface area contributed by atoms with Gasteiger partial charge in [-0.1, -0.05) is 0 Å². The van der Waals surface area contributed by atoms with E-state index in [1.165, 1.54) is 6.07 Å². The van der Waals surface area contributed by atoms with Gasteiger partial charge in [0.05, 0.1) is 59.3 Å². The summed E-state index contributed by atoms with van der Waals surface area (Å²) in [7, 11) is 0. The van der Waals surface area contributed by atoms with Crippen LogP contribution in [0.2, 0.25) is 0 Å². The van der Waals surface area contributed by atoms with Crippen molar-refractivity contribution in [2.75, 3.05) is 36.5 Å². The Labute approximate surface area is 190 Å². The number of fused-ring (bicyclic) bond motifs is 1. The number of pyridine rings is 3. The first-order chi connectivity index (χ1) is 16.0. The average Bonchev–Trinajstić information content (AvgIpc) is 2.82. The second-order valence-corrected chi connectivity index (χ2v) is 8.09. The molecular formula is C25H23F2N5O. The Balaban J connectivity index is 1.64. The van der Waals surface area contributed by atoms with E-state index in [9.17, 15) is 8.78 Å². The Hall–Kier alpha value is -3.65. The minimum Gasteiger partial charge on any atom is -0.378 e. The van der Waals surface area contributed by atoms with Gasteiger partial charge in [0.2, 0.25) is 0 Å². The predicted octanol–water partition coefficient (Wildman–Crippen LogP) is 5.17. The summed E-state index contributed by atoms with van der Waals surface area (Å²) in [5, 5.41) is 3.56. The highest BCUT2D eigenvalue weighted by Gasteiger charge is 2.19. The third-order valence-corrected chi connectivity index (χ3v) is 5.80. The summed E-state index contributed by atoms with van der Waals surface area (Å²) in [6.07, 6.45) is 5.20. The number of nitrogens with one attached hydrogen (secondary N) is 1. The predicted molar refractivity (Wildman–Crippen MR) is 125 cm³/mol. The Bertz CT molecular complexity index is 1320. The third-order valence-electron chi connectivity index (χ3n) is 5.80. The molecule has 1 fully saturated rings. The lowest BCUT2D eigenvalue weighted by Gasteiger charge is -2.28. The Morgan fingerprint density at radius 2 is 1.82 bits per heavy atom. The van der Waals surface area contributed by atoms with Gasteiger partial charge in [-0.25, -0.2) is 13.8 Å². The van der Waals surface area contributed by atoms with Crippen LogP contribution in [0.3, 0.4) is 0 Å². The highest BCUT2D eigenvalue weighted by atomic mass is 19.1. The molecule has 168 valence electrons. The molecule has 3 aromatic heterocycles. The van der Waals surface area contributed by atoms with Gasteiger partial charge in [-0.2, -0.15) is 0 Å². The first-order valence-electron chi connectivity index (χ1n) is 10.8. The largest absolute Gasteiger partial charge is 0.378 e. The number of aromatic nitrogens is 3. The van der Waals surface area contributed by atoms with Crippen molar-refractivity contribution in [1.82, 2.24) is 15.0 Å².